The number of benzene rings is 1. The normalized spacial score (nSPS) is 18.8. The van der Waals surface area contributed by atoms with E-state index in [4.69, 9.17) is 4.74 Å². The first-order valence-corrected chi connectivity index (χ1v) is 7.13. The molecule has 1 aromatic carbocycles. The topological polar surface area (TPSA) is 38.3 Å². The molecule has 1 fully saturated rings. The van der Waals surface area contributed by atoms with Gasteiger partial charge in [-0.25, -0.2) is 0 Å². The van der Waals surface area contributed by atoms with Crippen LogP contribution in [0.4, 0.5) is 0 Å². The quantitative estimate of drug-likeness (QED) is 0.828. The van der Waals surface area contributed by atoms with E-state index in [9.17, 15) is 4.79 Å². The van der Waals surface area contributed by atoms with E-state index in [1.807, 2.05) is 12.1 Å². The zero-order valence-electron chi connectivity index (χ0n) is 11.8. The Morgan fingerprint density at radius 2 is 2.00 bits per heavy atom. The molecule has 3 heteroatoms. The molecule has 0 amide bonds. The summed E-state index contributed by atoms with van der Waals surface area (Å²) in [6.07, 6.45) is 3.04. The summed E-state index contributed by atoms with van der Waals surface area (Å²) in [7, 11) is 0. The average Bonchev–Trinajstić information content (AvgIpc) is 2.91. The molecule has 1 aliphatic rings. The second-order valence-corrected chi connectivity index (χ2v) is 5.67. The van der Waals surface area contributed by atoms with E-state index < -0.39 is 0 Å². The van der Waals surface area contributed by atoms with Crippen molar-refractivity contribution in [3.8, 4) is 0 Å². The van der Waals surface area contributed by atoms with Crippen molar-refractivity contribution in [1.82, 2.24) is 5.32 Å². The molecule has 1 heterocycles. The van der Waals surface area contributed by atoms with Crippen molar-refractivity contribution in [3.63, 3.8) is 0 Å². The Morgan fingerprint density at radius 1 is 1.32 bits per heavy atom. The van der Waals surface area contributed by atoms with Gasteiger partial charge in [0.15, 0.2) is 0 Å². The third kappa shape index (κ3) is 4.35. The zero-order chi connectivity index (χ0) is 13.7. The number of ether oxygens (including phenoxy) is 1. The maximum atomic E-state index is 11.7. The van der Waals surface area contributed by atoms with Crippen LogP contribution in [0.1, 0.15) is 37.8 Å². The standard InChI is InChI=1S/C16H23NO2/c1-12(2)10-13-5-7-14(8-6-13)11-19-16(18)15-4-3-9-17-15/h5-8,12,15,17H,3-4,9-11H2,1-2H3. The number of rotatable bonds is 5. The van der Waals surface area contributed by atoms with E-state index in [0.29, 0.717) is 12.5 Å². The molecule has 0 radical (unpaired) electrons. The molecule has 1 aromatic rings. The summed E-state index contributed by atoms with van der Waals surface area (Å²) in [6.45, 7) is 5.72. The van der Waals surface area contributed by atoms with E-state index in [2.05, 4.69) is 31.3 Å². The first-order valence-electron chi connectivity index (χ1n) is 7.13. The van der Waals surface area contributed by atoms with Crippen molar-refractivity contribution in [2.24, 2.45) is 5.92 Å². The Bertz CT molecular complexity index is 405. The molecule has 3 nitrogen and oxygen atoms in total. The Morgan fingerprint density at radius 3 is 2.58 bits per heavy atom. The summed E-state index contributed by atoms with van der Waals surface area (Å²) in [6, 6.07) is 8.24. The molecule has 0 saturated carbocycles. The Labute approximate surface area is 115 Å². The van der Waals surface area contributed by atoms with E-state index in [1.165, 1.54) is 5.56 Å². The molecule has 0 aromatic heterocycles. The first kappa shape index (κ1) is 14.1. The van der Waals surface area contributed by atoms with Crippen LogP contribution in [0.15, 0.2) is 24.3 Å². The molecule has 0 spiro atoms. The monoisotopic (exact) mass is 261 g/mol. The molecular weight excluding hydrogens is 238 g/mol. The summed E-state index contributed by atoms with van der Waals surface area (Å²) in [5, 5.41) is 3.15. The number of esters is 1. The lowest BCUT2D eigenvalue weighted by molar-refractivity contribution is -0.147. The zero-order valence-corrected chi connectivity index (χ0v) is 11.8. The molecule has 2 rings (SSSR count). The molecule has 19 heavy (non-hydrogen) atoms. The second kappa shape index (κ2) is 6.71. The average molecular weight is 261 g/mol. The van der Waals surface area contributed by atoms with Crippen molar-refractivity contribution in [3.05, 3.63) is 35.4 Å². The van der Waals surface area contributed by atoms with Crippen LogP contribution in [-0.2, 0) is 22.6 Å². The fraction of sp³-hybridized carbons (Fsp3) is 0.562. The molecule has 0 aliphatic carbocycles. The largest absolute Gasteiger partial charge is 0.460 e. The lowest BCUT2D eigenvalue weighted by Crippen LogP contribution is -2.32. The first-order chi connectivity index (χ1) is 9.15. The Kier molecular flexibility index (Phi) is 4.97. The highest BCUT2D eigenvalue weighted by Gasteiger charge is 2.23. The van der Waals surface area contributed by atoms with Gasteiger partial charge in [-0.05, 0) is 42.9 Å². The van der Waals surface area contributed by atoms with Gasteiger partial charge in [-0.2, -0.15) is 0 Å². The van der Waals surface area contributed by atoms with Crippen LogP contribution in [0.3, 0.4) is 0 Å². The van der Waals surface area contributed by atoms with Crippen LogP contribution >= 0.6 is 0 Å². The number of nitrogens with one attached hydrogen (secondary N) is 1. The van der Waals surface area contributed by atoms with Gasteiger partial charge < -0.3 is 10.1 Å². The molecular formula is C16H23NO2. The third-order valence-electron chi connectivity index (χ3n) is 3.39. The van der Waals surface area contributed by atoms with Gasteiger partial charge in [-0.3, -0.25) is 4.79 Å². The Balaban J connectivity index is 1.80. The van der Waals surface area contributed by atoms with Crippen LogP contribution in [0, 0.1) is 5.92 Å². The van der Waals surface area contributed by atoms with Crippen LogP contribution in [0.5, 0.6) is 0 Å². The lowest BCUT2D eigenvalue weighted by Gasteiger charge is -2.11. The fourth-order valence-electron chi connectivity index (χ4n) is 2.38. The number of carbonyl (C=O) groups excluding carboxylic acids is 1. The fourth-order valence-corrected chi connectivity index (χ4v) is 2.38. The minimum atomic E-state index is -0.122. The van der Waals surface area contributed by atoms with E-state index in [-0.39, 0.29) is 12.0 Å². The molecule has 1 unspecified atom stereocenters. The predicted octanol–water partition coefficient (Wildman–Crippen LogP) is 2.68. The van der Waals surface area contributed by atoms with Crippen LogP contribution in [0.25, 0.3) is 0 Å². The maximum Gasteiger partial charge on any atom is 0.323 e. The summed E-state index contributed by atoms with van der Waals surface area (Å²) < 4.78 is 5.33. The highest BCUT2D eigenvalue weighted by atomic mass is 16.5. The number of hydrogen-bond donors (Lipinski definition) is 1. The highest BCUT2D eigenvalue weighted by Crippen LogP contribution is 2.12. The van der Waals surface area contributed by atoms with Crippen LogP contribution in [-0.4, -0.2) is 18.6 Å². The van der Waals surface area contributed by atoms with Crippen LogP contribution in [0.2, 0.25) is 0 Å². The van der Waals surface area contributed by atoms with Crippen molar-refractivity contribution in [2.45, 2.75) is 45.8 Å². The van der Waals surface area contributed by atoms with Gasteiger partial charge in [-0.15, -0.1) is 0 Å². The minimum absolute atomic E-state index is 0.0970. The summed E-state index contributed by atoms with van der Waals surface area (Å²) in [5.41, 5.74) is 2.39. The molecule has 1 N–H and O–H groups in total. The molecule has 1 aliphatic heterocycles. The predicted molar refractivity (Wildman–Crippen MR) is 75.8 cm³/mol. The maximum absolute atomic E-state index is 11.7. The number of hydrogen-bond acceptors (Lipinski definition) is 3. The van der Waals surface area contributed by atoms with Gasteiger partial charge in [0.25, 0.3) is 0 Å². The van der Waals surface area contributed by atoms with Crippen LogP contribution < -0.4 is 5.32 Å². The van der Waals surface area contributed by atoms with Gasteiger partial charge in [0.1, 0.15) is 12.6 Å². The SMILES string of the molecule is CC(C)Cc1ccc(COC(=O)C2CCCN2)cc1. The van der Waals surface area contributed by atoms with Crippen molar-refractivity contribution < 1.29 is 9.53 Å². The third-order valence-corrected chi connectivity index (χ3v) is 3.39. The van der Waals surface area contributed by atoms with Crippen molar-refractivity contribution in [2.75, 3.05) is 6.54 Å². The molecule has 1 atom stereocenters. The van der Waals surface area contributed by atoms with Gasteiger partial charge in [0.05, 0.1) is 0 Å². The molecule has 1 saturated heterocycles. The lowest BCUT2D eigenvalue weighted by atomic mass is 10.0. The van der Waals surface area contributed by atoms with Gasteiger partial charge >= 0.3 is 5.97 Å². The number of carbonyl (C=O) groups is 1. The van der Waals surface area contributed by atoms with E-state index >= 15 is 0 Å². The highest BCUT2D eigenvalue weighted by molar-refractivity contribution is 5.76. The van der Waals surface area contributed by atoms with Gasteiger partial charge in [0.2, 0.25) is 0 Å². The molecule has 0 bridgehead atoms. The summed E-state index contributed by atoms with van der Waals surface area (Å²) >= 11 is 0. The minimum Gasteiger partial charge on any atom is -0.460 e. The van der Waals surface area contributed by atoms with E-state index in [1.54, 1.807) is 0 Å². The van der Waals surface area contributed by atoms with Gasteiger partial charge in [0, 0.05) is 0 Å². The smallest absolute Gasteiger partial charge is 0.323 e. The summed E-state index contributed by atoms with van der Waals surface area (Å²) in [4.78, 5) is 11.7. The summed E-state index contributed by atoms with van der Waals surface area (Å²) in [5.74, 6) is 0.542. The van der Waals surface area contributed by atoms with Gasteiger partial charge in [-0.1, -0.05) is 38.1 Å². The Hall–Kier alpha value is -1.35. The molecule has 104 valence electrons. The van der Waals surface area contributed by atoms with Crippen molar-refractivity contribution in [1.29, 1.82) is 0 Å². The van der Waals surface area contributed by atoms with E-state index in [0.717, 1.165) is 31.4 Å². The second-order valence-electron chi connectivity index (χ2n) is 5.67. The van der Waals surface area contributed by atoms with Crippen molar-refractivity contribution >= 4 is 5.97 Å².